The number of benzene rings is 4. The maximum Gasteiger partial charge on any atom is 0.264 e. The van der Waals surface area contributed by atoms with Crippen LogP contribution in [-0.4, -0.2) is 56.6 Å². The van der Waals surface area contributed by atoms with Crippen molar-refractivity contribution in [2.45, 2.75) is 55.6 Å². The van der Waals surface area contributed by atoms with Crippen LogP contribution in [0.25, 0.3) is 0 Å². The average Bonchev–Trinajstić information content (AvgIpc) is 3.06. The molecule has 4 aromatic carbocycles. The number of thioether (sulfide) groups is 1. The van der Waals surface area contributed by atoms with Crippen LogP contribution in [0.1, 0.15) is 31.9 Å². The molecule has 0 aliphatic rings. The van der Waals surface area contributed by atoms with Crippen LogP contribution in [0.15, 0.2) is 113 Å². The molecule has 1 atom stereocenters. The molecule has 0 spiro atoms. The molecule has 0 saturated heterocycles. The smallest absolute Gasteiger partial charge is 0.264 e. The second-order valence-corrected chi connectivity index (χ2v) is 13.8. The van der Waals surface area contributed by atoms with Crippen molar-refractivity contribution in [3.63, 3.8) is 0 Å². The fourth-order valence-corrected chi connectivity index (χ4v) is 6.85. The van der Waals surface area contributed by atoms with Gasteiger partial charge in [0.05, 0.1) is 17.2 Å². The maximum atomic E-state index is 15.1. The summed E-state index contributed by atoms with van der Waals surface area (Å²) in [6.07, 6.45) is 2.02. The van der Waals surface area contributed by atoms with E-state index in [-0.39, 0.29) is 35.2 Å². The molecule has 0 saturated carbocycles. The van der Waals surface area contributed by atoms with Gasteiger partial charge in [0.2, 0.25) is 11.8 Å². The number of hydrogen-bond donors (Lipinski definition) is 1. The van der Waals surface area contributed by atoms with Crippen molar-refractivity contribution in [3.8, 4) is 5.75 Å². The summed E-state index contributed by atoms with van der Waals surface area (Å²) in [6, 6.07) is 26.7. The Morgan fingerprint density at radius 3 is 2.13 bits per heavy atom. The minimum absolute atomic E-state index is 0.00368. The molecule has 0 bridgehead atoms. The molecule has 0 unspecified atom stereocenters. The summed E-state index contributed by atoms with van der Waals surface area (Å²) in [6.45, 7) is 4.98. The number of ether oxygens (including phenoxy) is 1. The molecule has 0 aliphatic carbocycles. The number of nitrogens with zero attached hydrogens (tertiary/aromatic N) is 2. The minimum Gasteiger partial charge on any atom is -0.494 e. The molecule has 4 aromatic rings. The third kappa shape index (κ3) is 9.36. The first-order valence-corrected chi connectivity index (χ1v) is 18.0. The summed E-state index contributed by atoms with van der Waals surface area (Å²) in [5, 5.41) is 2.89. The molecular formula is C36H40FN3O5S2. The quantitative estimate of drug-likeness (QED) is 0.148. The van der Waals surface area contributed by atoms with E-state index in [0.29, 0.717) is 12.4 Å². The van der Waals surface area contributed by atoms with Gasteiger partial charge in [-0.15, -0.1) is 11.8 Å². The Morgan fingerprint density at radius 1 is 0.894 bits per heavy atom. The van der Waals surface area contributed by atoms with Gasteiger partial charge in [-0.1, -0.05) is 48.5 Å². The second kappa shape index (κ2) is 16.5. The highest BCUT2D eigenvalue weighted by molar-refractivity contribution is 7.98. The summed E-state index contributed by atoms with van der Waals surface area (Å²) in [4.78, 5) is 30.4. The van der Waals surface area contributed by atoms with E-state index >= 15 is 4.39 Å². The number of nitrogens with one attached hydrogen (secondary N) is 1. The van der Waals surface area contributed by atoms with E-state index < -0.39 is 40.2 Å². The third-order valence-corrected chi connectivity index (χ3v) is 9.89. The Bertz CT molecular complexity index is 1730. The van der Waals surface area contributed by atoms with Crippen molar-refractivity contribution in [1.29, 1.82) is 0 Å². The van der Waals surface area contributed by atoms with Crippen LogP contribution in [-0.2, 0) is 32.6 Å². The Hall–Kier alpha value is -4.35. The van der Waals surface area contributed by atoms with E-state index in [2.05, 4.69) is 5.32 Å². The molecule has 0 aliphatic heterocycles. The SMILES string of the molecule is CCOc1ccc(N(CC(=O)N(Cc2ccccc2F)[C@@H](Cc2ccccc2)C(=O)NC(C)C)S(=O)(=O)c2ccc(SC)cc2)cc1. The molecule has 11 heteroatoms. The highest BCUT2D eigenvalue weighted by Crippen LogP contribution is 2.28. The van der Waals surface area contributed by atoms with Crippen molar-refractivity contribution < 1.29 is 27.1 Å². The average molecular weight is 678 g/mol. The van der Waals surface area contributed by atoms with Gasteiger partial charge in [0, 0.05) is 29.5 Å². The molecular weight excluding hydrogens is 638 g/mol. The second-order valence-electron chi connectivity index (χ2n) is 11.1. The van der Waals surface area contributed by atoms with Crippen molar-refractivity contribution in [1.82, 2.24) is 10.2 Å². The number of halogens is 1. The van der Waals surface area contributed by atoms with E-state index in [9.17, 15) is 18.0 Å². The highest BCUT2D eigenvalue weighted by atomic mass is 32.2. The largest absolute Gasteiger partial charge is 0.494 e. The van der Waals surface area contributed by atoms with Gasteiger partial charge in [0.1, 0.15) is 24.2 Å². The Labute approximate surface area is 281 Å². The first-order chi connectivity index (χ1) is 22.5. The number of hydrogen-bond acceptors (Lipinski definition) is 6. The van der Waals surface area contributed by atoms with Gasteiger partial charge < -0.3 is 15.0 Å². The van der Waals surface area contributed by atoms with Gasteiger partial charge in [-0.25, -0.2) is 12.8 Å². The van der Waals surface area contributed by atoms with Crippen LogP contribution in [0.2, 0.25) is 0 Å². The zero-order chi connectivity index (χ0) is 34.0. The summed E-state index contributed by atoms with van der Waals surface area (Å²) >= 11 is 1.47. The normalized spacial score (nSPS) is 12.0. The van der Waals surface area contributed by atoms with Crippen LogP contribution >= 0.6 is 11.8 Å². The summed E-state index contributed by atoms with van der Waals surface area (Å²) in [5.74, 6) is -1.11. The Morgan fingerprint density at radius 2 is 1.53 bits per heavy atom. The van der Waals surface area contributed by atoms with Gasteiger partial charge in [-0.05, 0) is 87.2 Å². The number of carbonyl (C=O) groups is 2. The standard InChI is InChI=1S/C36H40FN3O5S2/c1-5-45-30-17-15-29(16-18-30)40(47(43,44)32-21-19-31(46-4)20-22-32)25-35(41)39(24-28-13-9-10-14-33(28)37)34(36(42)38-26(2)3)23-27-11-7-6-8-12-27/h6-22,26,34H,5,23-25H2,1-4H3,(H,38,42)/t34-/m0/s1. The molecule has 4 rings (SSSR count). The zero-order valence-corrected chi connectivity index (χ0v) is 28.6. The van der Waals surface area contributed by atoms with Gasteiger partial charge in [0.15, 0.2) is 0 Å². The van der Waals surface area contributed by atoms with Gasteiger partial charge in [-0.3, -0.25) is 13.9 Å². The number of carbonyl (C=O) groups excluding carboxylic acids is 2. The Kier molecular flexibility index (Phi) is 12.4. The molecule has 47 heavy (non-hydrogen) atoms. The number of rotatable bonds is 15. The van der Waals surface area contributed by atoms with E-state index in [1.54, 1.807) is 54.6 Å². The molecule has 248 valence electrons. The van der Waals surface area contributed by atoms with Gasteiger partial charge >= 0.3 is 0 Å². The lowest BCUT2D eigenvalue weighted by Crippen LogP contribution is -2.54. The van der Waals surface area contributed by atoms with Crippen molar-refractivity contribution in [2.24, 2.45) is 0 Å². The molecule has 0 fully saturated rings. The van der Waals surface area contributed by atoms with Crippen LogP contribution in [0, 0.1) is 5.82 Å². The van der Waals surface area contributed by atoms with Crippen LogP contribution in [0.3, 0.4) is 0 Å². The molecule has 0 heterocycles. The first-order valence-electron chi connectivity index (χ1n) is 15.3. The maximum absolute atomic E-state index is 15.1. The highest BCUT2D eigenvalue weighted by Gasteiger charge is 2.35. The predicted molar refractivity (Wildman–Crippen MR) is 185 cm³/mol. The number of anilines is 1. The van der Waals surface area contributed by atoms with E-state index in [1.807, 2.05) is 57.4 Å². The number of sulfonamides is 1. The molecule has 1 N–H and O–H groups in total. The fraction of sp³-hybridized carbons (Fsp3) is 0.278. The summed E-state index contributed by atoms with van der Waals surface area (Å²) in [5.41, 5.74) is 1.21. The first kappa shape index (κ1) is 35.5. The monoisotopic (exact) mass is 677 g/mol. The van der Waals surface area contributed by atoms with Crippen LogP contribution < -0.4 is 14.4 Å². The molecule has 2 amide bonds. The number of amides is 2. The van der Waals surface area contributed by atoms with Crippen molar-refractivity contribution in [3.05, 3.63) is 120 Å². The fourth-order valence-electron chi connectivity index (χ4n) is 5.02. The van der Waals surface area contributed by atoms with Gasteiger partial charge in [-0.2, -0.15) is 0 Å². The third-order valence-electron chi connectivity index (χ3n) is 7.36. The predicted octanol–water partition coefficient (Wildman–Crippen LogP) is 6.31. The topological polar surface area (TPSA) is 96.0 Å². The lowest BCUT2D eigenvalue weighted by atomic mass is 10.0. The minimum atomic E-state index is -4.28. The van der Waals surface area contributed by atoms with Gasteiger partial charge in [0.25, 0.3) is 10.0 Å². The molecule has 8 nitrogen and oxygen atoms in total. The van der Waals surface area contributed by atoms with Crippen molar-refractivity contribution in [2.75, 3.05) is 23.7 Å². The van der Waals surface area contributed by atoms with E-state index in [4.69, 9.17) is 4.74 Å². The van der Waals surface area contributed by atoms with Crippen molar-refractivity contribution >= 4 is 39.3 Å². The summed E-state index contributed by atoms with van der Waals surface area (Å²) in [7, 11) is -4.28. The molecule has 0 aromatic heterocycles. The lowest BCUT2D eigenvalue weighted by molar-refractivity contribution is -0.140. The van der Waals surface area contributed by atoms with Crippen LogP contribution in [0.5, 0.6) is 5.75 Å². The van der Waals surface area contributed by atoms with E-state index in [1.165, 1.54) is 34.9 Å². The van der Waals surface area contributed by atoms with E-state index in [0.717, 1.165) is 14.8 Å². The Balaban J connectivity index is 1.81. The van der Waals surface area contributed by atoms with Crippen LogP contribution in [0.4, 0.5) is 10.1 Å². The zero-order valence-electron chi connectivity index (χ0n) is 26.9. The lowest BCUT2D eigenvalue weighted by Gasteiger charge is -2.34. The molecule has 0 radical (unpaired) electrons. The summed E-state index contributed by atoms with van der Waals surface area (Å²) < 4.78 is 50.1.